The average molecular weight is 490 g/mol. The Morgan fingerprint density at radius 1 is 1.06 bits per heavy atom. The number of rotatable bonds is 3. The normalized spacial score (nSPS) is 26.7. The third-order valence-electron chi connectivity index (χ3n) is 7.72. The lowest BCUT2D eigenvalue weighted by Crippen LogP contribution is -2.61. The maximum atomic E-state index is 13.9. The quantitative estimate of drug-likeness (QED) is 0.701. The van der Waals surface area contributed by atoms with Gasteiger partial charge in [-0.05, 0) is 49.4 Å². The fourth-order valence-electron chi connectivity index (χ4n) is 5.64. The number of hydrogen-bond donors (Lipinski definition) is 1. The van der Waals surface area contributed by atoms with Crippen molar-refractivity contribution >= 4 is 17.7 Å². The largest absolute Gasteiger partial charge is 0.475 e. The number of carbonyl (C=O) groups excluding carboxylic acids is 3. The van der Waals surface area contributed by atoms with Crippen LogP contribution in [-0.2, 0) is 4.79 Å². The summed E-state index contributed by atoms with van der Waals surface area (Å²) < 4.78 is 6.06. The third-order valence-corrected chi connectivity index (χ3v) is 7.72. The molecule has 4 aliphatic rings. The molecule has 36 heavy (non-hydrogen) atoms. The number of piperazine rings is 1. The van der Waals surface area contributed by atoms with E-state index in [-0.39, 0.29) is 48.3 Å². The first-order valence-electron chi connectivity index (χ1n) is 12.8. The van der Waals surface area contributed by atoms with Gasteiger partial charge in [-0.2, -0.15) is 0 Å². The van der Waals surface area contributed by atoms with E-state index in [1.165, 1.54) is 12.8 Å². The van der Waals surface area contributed by atoms with Crippen molar-refractivity contribution in [2.75, 3.05) is 39.3 Å². The molecule has 3 fully saturated rings. The Labute approximate surface area is 210 Å². The highest BCUT2D eigenvalue weighted by Gasteiger charge is 2.44. The Hall–Kier alpha value is -3.46. The topological polar surface area (TPSA) is 95.1 Å². The van der Waals surface area contributed by atoms with E-state index in [4.69, 9.17) is 4.74 Å². The zero-order valence-corrected chi connectivity index (χ0v) is 20.2. The summed E-state index contributed by atoms with van der Waals surface area (Å²) in [5, 5.41) is 3.11. The van der Waals surface area contributed by atoms with Gasteiger partial charge in [-0.25, -0.2) is 4.98 Å². The van der Waals surface area contributed by atoms with E-state index in [2.05, 4.69) is 15.2 Å². The molecule has 2 bridgehead atoms. The molecule has 3 atom stereocenters. The summed E-state index contributed by atoms with van der Waals surface area (Å²) in [5.41, 5.74) is 1.02. The summed E-state index contributed by atoms with van der Waals surface area (Å²) in [6.45, 7) is 2.99. The number of amides is 3. The second-order valence-electron chi connectivity index (χ2n) is 10.3. The minimum absolute atomic E-state index is 0.0528. The summed E-state index contributed by atoms with van der Waals surface area (Å²) in [5.74, 6) is 0.663. The molecule has 1 aromatic carbocycles. The zero-order chi connectivity index (χ0) is 24.6. The van der Waals surface area contributed by atoms with Gasteiger partial charge < -0.3 is 19.9 Å². The lowest BCUT2D eigenvalue weighted by atomic mass is 10.1. The fraction of sp³-hybridized carbons (Fsp3) is 0.481. The summed E-state index contributed by atoms with van der Waals surface area (Å²) >= 11 is 0. The van der Waals surface area contributed by atoms with Crippen LogP contribution in [0.25, 0.3) is 0 Å². The molecule has 4 heterocycles. The highest BCUT2D eigenvalue weighted by atomic mass is 16.5. The van der Waals surface area contributed by atoms with E-state index in [1.54, 1.807) is 23.2 Å². The second-order valence-corrected chi connectivity index (χ2v) is 10.3. The Bertz CT molecular complexity index is 1150. The van der Waals surface area contributed by atoms with Gasteiger partial charge in [0, 0.05) is 50.5 Å². The van der Waals surface area contributed by atoms with E-state index in [9.17, 15) is 14.4 Å². The number of ether oxygens (including phenoxy) is 1. The van der Waals surface area contributed by atoms with Gasteiger partial charge in [0.25, 0.3) is 11.8 Å². The van der Waals surface area contributed by atoms with Crippen molar-refractivity contribution in [2.45, 2.75) is 37.4 Å². The Morgan fingerprint density at radius 3 is 2.69 bits per heavy atom. The molecule has 0 unspecified atom stereocenters. The molecule has 1 N–H and O–H groups in total. The predicted octanol–water partition coefficient (Wildman–Crippen LogP) is 1.41. The minimum Gasteiger partial charge on any atom is -0.475 e. The van der Waals surface area contributed by atoms with E-state index < -0.39 is 0 Å². The molecule has 188 valence electrons. The Kier molecular flexibility index (Phi) is 6.08. The van der Waals surface area contributed by atoms with Crippen LogP contribution in [0.5, 0.6) is 5.88 Å². The molecule has 1 aromatic heterocycles. The van der Waals surface area contributed by atoms with Crippen LogP contribution in [0.2, 0.25) is 0 Å². The summed E-state index contributed by atoms with van der Waals surface area (Å²) in [6.07, 6.45) is 4.58. The van der Waals surface area contributed by atoms with Crippen LogP contribution >= 0.6 is 0 Å². The number of aromatic nitrogens is 1. The summed E-state index contributed by atoms with van der Waals surface area (Å²) in [7, 11) is 0. The van der Waals surface area contributed by atoms with Gasteiger partial charge in [-0.1, -0.05) is 18.2 Å². The molecule has 1 saturated carbocycles. The molecular weight excluding hydrogens is 458 g/mol. The number of benzene rings is 1. The van der Waals surface area contributed by atoms with Crippen molar-refractivity contribution in [2.24, 2.45) is 5.92 Å². The van der Waals surface area contributed by atoms with E-state index in [0.29, 0.717) is 49.6 Å². The SMILES string of the molecule is O=C1N[C@@H]2C[C@@H](C(=O)N3CCN(C(=O)c4ccccc4)C[C@H]3COc3ncccc31)N(CC1CC1)C2. The van der Waals surface area contributed by atoms with Crippen LogP contribution in [0.1, 0.15) is 40.0 Å². The van der Waals surface area contributed by atoms with Gasteiger partial charge in [0.1, 0.15) is 12.2 Å². The van der Waals surface area contributed by atoms with Crippen LogP contribution in [0, 0.1) is 5.92 Å². The fourth-order valence-corrected chi connectivity index (χ4v) is 5.64. The van der Waals surface area contributed by atoms with Crippen molar-refractivity contribution < 1.29 is 19.1 Å². The molecule has 0 radical (unpaired) electrons. The number of hydrogen-bond acceptors (Lipinski definition) is 6. The molecule has 0 spiro atoms. The van der Waals surface area contributed by atoms with Crippen LogP contribution in [-0.4, -0.2) is 94.9 Å². The maximum absolute atomic E-state index is 13.9. The first-order valence-corrected chi connectivity index (χ1v) is 12.8. The van der Waals surface area contributed by atoms with E-state index >= 15 is 0 Å². The van der Waals surface area contributed by atoms with Crippen LogP contribution in [0.3, 0.4) is 0 Å². The zero-order valence-electron chi connectivity index (χ0n) is 20.2. The molecule has 3 aliphatic heterocycles. The molecular formula is C27H31N5O4. The van der Waals surface area contributed by atoms with Gasteiger partial charge >= 0.3 is 0 Å². The minimum atomic E-state index is -0.335. The van der Waals surface area contributed by atoms with E-state index in [0.717, 1.165) is 6.54 Å². The number of nitrogens with zero attached hydrogens (tertiary/aromatic N) is 4. The van der Waals surface area contributed by atoms with Gasteiger partial charge in [0.2, 0.25) is 11.8 Å². The van der Waals surface area contributed by atoms with Crippen LogP contribution in [0.15, 0.2) is 48.7 Å². The highest BCUT2D eigenvalue weighted by molar-refractivity contribution is 5.97. The standard InChI is InChI=1S/C27H31N5O4/c33-24-22-7-4-10-28-25(22)36-17-21-16-30(26(34)19-5-2-1-3-6-19)11-12-32(21)27(35)23-13-20(29-24)15-31(23)14-18-8-9-18/h1-7,10,18,20-21,23H,8-9,11-17H2,(H,29,33)/t20-,21+,23+/m1/s1. The Balaban J connectivity index is 1.30. The monoisotopic (exact) mass is 489 g/mol. The van der Waals surface area contributed by atoms with Crippen molar-refractivity contribution in [3.63, 3.8) is 0 Å². The summed E-state index contributed by atoms with van der Waals surface area (Å²) in [6, 6.07) is 11.9. The van der Waals surface area contributed by atoms with Gasteiger partial charge in [0.05, 0.1) is 12.1 Å². The van der Waals surface area contributed by atoms with Gasteiger partial charge in [-0.3, -0.25) is 19.3 Å². The van der Waals surface area contributed by atoms with Crippen molar-refractivity contribution in [1.29, 1.82) is 0 Å². The van der Waals surface area contributed by atoms with Crippen molar-refractivity contribution in [1.82, 2.24) is 25.0 Å². The Morgan fingerprint density at radius 2 is 1.89 bits per heavy atom. The van der Waals surface area contributed by atoms with Gasteiger partial charge in [0.15, 0.2) is 0 Å². The predicted molar refractivity (Wildman–Crippen MR) is 132 cm³/mol. The van der Waals surface area contributed by atoms with Crippen molar-refractivity contribution in [3.8, 4) is 5.88 Å². The lowest BCUT2D eigenvalue weighted by Gasteiger charge is -2.43. The molecule has 1 aliphatic carbocycles. The lowest BCUT2D eigenvalue weighted by molar-refractivity contribution is -0.141. The second kappa shape index (κ2) is 9.54. The molecule has 3 amide bonds. The highest BCUT2D eigenvalue weighted by Crippen LogP contribution is 2.33. The molecule has 9 nitrogen and oxygen atoms in total. The number of carbonyl (C=O) groups is 3. The maximum Gasteiger partial charge on any atom is 0.257 e. The van der Waals surface area contributed by atoms with Crippen molar-refractivity contribution in [3.05, 3.63) is 59.8 Å². The average Bonchev–Trinajstić information content (AvgIpc) is 3.64. The van der Waals surface area contributed by atoms with Crippen LogP contribution < -0.4 is 10.1 Å². The molecule has 9 heteroatoms. The smallest absolute Gasteiger partial charge is 0.257 e. The summed E-state index contributed by atoms with van der Waals surface area (Å²) in [4.78, 5) is 50.5. The molecule has 2 saturated heterocycles. The third kappa shape index (κ3) is 4.55. The number of nitrogens with one attached hydrogen (secondary N) is 1. The van der Waals surface area contributed by atoms with Gasteiger partial charge in [-0.15, -0.1) is 0 Å². The first-order chi connectivity index (χ1) is 17.6. The number of fused-ring (bicyclic) bond motifs is 4. The first kappa shape index (κ1) is 23.0. The molecule has 6 rings (SSSR count). The number of pyridine rings is 1. The van der Waals surface area contributed by atoms with E-state index in [1.807, 2.05) is 35.2 Å². The molecule has 2 aromatic rings. The van der Waals surface area contributed by atoms with Crippen LogP contribution in [0.4, 0.5) is 0 Å². The number of likely N-dealkylation sites (tertiary alicyclic amines) is 1.